The van der Waals surface area contributed by atoms with Gasteiger partial charge in [0.15, 0.2) is 0 Å². The van der Waals surface area contributed by atoms with Crippen LogP contribution >= 0.6 is 0 Å². The summed E-state index contributed by atoms with van der Waals surface area (Å²) in [6.45, 7) is 0. The van der Waals surface area contributed by atoms with Crippen LogP contribution in [0.2, 0.25) is 0 Å². The highest BCUT2D eigenvalue weighted by atomic mass is 19.4. The fraction of sp³-hybridized carbons (Fsp3) is 0.333. The summed E-state index contributed by atoms with van der Waals surface area (Å²) in [6, 6.07) is 4.87. The minimum atomic E-state index is -5.97. The molecular weight excluding hydrogens is 301 g/mol. The summed E-state index contributed by atoms with van der Waals surface area (Å²) in [5.41, 5.74) is 0.293. The van der Waals surface area contributed by atoms with E-state index in [0.29, 0.717) is 5.56 Å². The standard InChI is InChI=1S/C12H10F5NO3/c13-11(14,12(15,16)17)10(21)18-8-4-1-7(2-5-8)3-6-9(19)20/h1-2,4-5H,3,6H2,(H,18,21)(H,19,20). The molecule has 0 saturated heterocycles. The number of aryl methyl sites for hydroxylation is 1. The molecule has 4 nitrogen and oxygen atoms in total. The third-order valence-corrected chi connectivity index (χ3v) is 2.48. The molecule has 0 spiro atoms. The lowest BCUT2D eigenvalue weighted by molar-refractivity contribution is -0.267. The molecule has 0 saturated carbocycles. The van der Waals surface area contributed by atoms with Gasteiger partial charge in [-0.25, -0.2) is 0 Å². The lowest BCUT2D eigenvalue weighted by atomic mass is 10.1. The van der Waals surface area contributed by atoms with E-state index in [9.17, 15) is 31.5 Å². The molecule has 0 aromatic heterocycles. The van der Waals surface area contributed by atoms with Crippen LogP contribution < -0.4 is 5.32 Å². The van der Waals surface area contributed by atoms with Crippen molar-refractivity contribution in [2.45, 2.75) is 24.9 Å². The minimum absolute atomic E-state index is 0.155. The maximum Gasteiger partial charge on any atom is 0.463 e. The number of halogens is 5. The molecule has 0 radical (unpaired) electrons. The lowest BCUT2D eigenvalue weighted by Crippen LogP contribution is -2.47. The Morgan fingerprint density at radius 3 is 2.00 bits per heavy atom. The maximum atomic E-state index is 12.7. The van der Waals surface area contributed by atoms with Crippen molar-refractivity contribution in [3.05, 3.63) is 29.8 Å². The summed E-state index contributed by atoms with van der Waals surface area (Å²) in [4.78, 5) is 21.3. The van der Waals surface area contributed by atoms with Crippen LogP contribution in [-0.2, 0) is 16.0 Å². The van der Waals surface area contributed by atoms with Gasteiger partial charge in [0.25, 0.3) is 0 Å². The molecule has 1 rings (SSSR count). The van der Waals surface area contributed by atoms with Crippen LogP contribution in [0.3, 0.4) is 0 Å². The number of rotatable bonds is 5. The predicted molar refractivity (Wildman–Crippen MR) is 62.0 cm³/mol. The van der Waals surface area contributed by atoms with Crippen molar-refractivity contribution in [3.63, 3.8) is 0 Å². The SMILES string of the molecule is O=C(O)CCc1ccc(NC(=O)C(F)(F)C(F)(F)F)cc1. The van der Waals surface area contributed by atoms with E-state index < -0.39 is 24.0 Å². The number of hydrogen-bond acceptors (Lipinski definition) is 2. The largest absolute Gasteiger partial charge is 0.481 e. The Morgan fingerprint density at radius 2 is 1.57 bits per heavy atom. The van der Waals surface area contributed by atoms with E-state index in [-0.39, 0.29) is 18.5 Å². The number of amides is 1. The molecule has 0 unspecified atom stereocenters. The second kappa shape index (κ2) is 6.06. The molecule has 0 fully saturated rings. The van der Waals surface area contributed by atoms with E-state index in [1.165, 1.54) is 17.4 Å². The van der Waals surface area contributed by atoms with Crippen molar-refractivity contribution in [1.29, 1.82) is 0 Å². The zero-order valence-electron chi connectivity index (χ0n) is 10.4. The number of carbonyl (C=O) groups is 2. The first-order chi connectivity index (χ1) is 9.54. The normalized spacial score (nSPS) is 12.0. The number of benzene rings is 1. The Hall–Kier alpha value is -2.19. The first kappa shape index (κ1) is 16.9. The average Bonchev–Trinajstić information content (AvgIpc) is 2.36. The molecule has 0 aliphatic rings. The van der Waals surface area contributed by atoms with Gasteiger partial charge in [-0.15, -0.1) is 0 Å². The van der Waals surface area contributed by atoms with E-state index in [1.54, 1.807) is 0 Å². The van der Waals surface area contributed by atoms with Gasteiger partial charge in [0.1, 0.15) is 0 Å². The number of nitrogens with one attached hydrogen (secondary N) is 1. The Labute approximate surface area is 115 Å². The minimum Gasteiger partial charge on any atom is -0.481 e. The van der Waals surface area contributed by atoms with Gasteiger partial charge >= 0.3 is 24.0 Å². The van der Waals surface area contributed by atoms with Crippen molar-refractivity contribution in [1.82, 2.24) is 0 Å². The van der Waals surface area contributed by atoms with Crippen molar-refractivity contribution in [2.75, 3.05) is 5.32 Å². The van der Waals surface area contributed by atoms with Gasteiger partial charge in [0.2, 0.25) is 0 Å². The van der Waals surface area contributed by atoms with Gasteiger partial charge in [-0.05, 0) is 24.1 Å². The van der Waals surface area contributed by atoms with Gasteiger partial charge in [-0.2, -0.15) is 22.0 Å². The van der Waals surface area contributed by atoms with Gasteiger partial charge < -0.3 is 10.4 Å². The van der Waals surface area contributed by atoms with Crippen LogP contribution in [0.25, 0.3) is 0 Å². The Morgan fingerprint density at radius 1 is 1.05 bits per heavy atom. The summed E-state index contributed by atoms with van der Waals surface area (Å²) in [5, 5.41) is 9.92. The molecule has 1 amide bonds. The molecule has 21 heavy (non-hydrogen) atoms. The lowest BCUT2D eigenvalue weighted by Gasteiger charge is -2.18. The number of aliphatic carboxylic acids is 1. The average molecular weight is 311 g/mol. The molecule has 116 valence electrons. The number of hydrogen-bond donors (Lipinski definition) is 2. The number of carboxylic acid groups (broad SMARTS) is 1. The van der Waals surface area contributed by atoms with Gasteiger partial charge in [-0.1, -0.05) is 12.1 Å². The van der Waals surface area contributed by atoms with Crippen molar-refractivity contribution >= 4 is 17.6 Å². The summed E-state index contributed by atoms with van der Waals surface area (Å²) < 4.78 is 61.3. The highest BCUT2D eigenvalue weighted by Gasteiger charge is 2.63. The highest BCUT2D eigenvalue weighted by Crippen LogP contribution is 2.36. The van der Waals surface area contributed by atoms with Crippen LogP contribution in [0.1, 0.15) is 12.0 Å². The van der Waals surface area contributed by atoms with Gasteiger partial charge in [-0.3, -0.25) is 9.59 Å². The summed E-state index contributed by atoms with van der Waals surface area (Å²) in [7, 11) is 0. The molecule has 0 bridgehead atoms. The Kier molecular flexibility index (Phi) is 4.87. The van der Waals surface area contributed by atoms with E-state index in [4.69, 9.17) is 5.11 Å². The van der Waals surface area contributed by atoms with E-state index in [2.05, 4.69) is 0 Å². The van der Waals surface area contributed by atoms with Crippen LogP contribution in [0.5, 0.6) is 0 Å². The third-order valence-electron chi connectivity index (χ3n) is 2.48. The number of carboxylic acids is 1. The maximum absolute atomic E-state index is 12.7. The number of anilines is 1. The van der Waals surface area contributed by atoms with E-state index >= 15 is 0 Å². The molecule has 9 heteroatoms. The second-order valence-corrected chi connectivity index (χ2v) is 4.12. The third kappa shape index (κ3) is 4.40. The second-order valence-electron chi connectivity index (χ2n) is 4.12. The van der Waals surface area contributed by atoms with E-state index in [1.807, 2.05) is 0 Å². The van der Waals surface area contributed by atoms with Crippen molar-refractivity contribution < 1.29 is 36.6 Å². The van der Waals surface area contributed by atoms with Crippen LogP contribution in [0, 0.1) is 0 Å². The molecule has 0 aliphatic heterocycles. The van der Waals surface area contributed by atoms with Crippen LogP contribution in [-0.4, -0.2) is 29.1 Å². The smallest absolute Gasteiger partial charge is 0.463 e. The molecule has 2 N–H and O–H groups in total. The first-order valence-electron chi connectivity index (χ1n) is 5.61. The summed E-state index contributed by atoms with van der Waals surface area (Å²) >= 11 is 0. The zero-order valence-corrected chi connectivity index (χ0v) is 10.4. The molecule has 1 aromatic rings. The fourth-order valence-electron chi connectivity index (χ4n) is 1.34. The number of carbonyl (C=O) groups excluding carboxylic acids is 1. The predicted octanol–water partition coefficient (Wildman–Crippen LogP) is 2.84. The van der Waals surface area contributed by atoms with Crippen molar-refractivity contribution in [2.24, 2.45) is 0 Å². The zero-order chi connectivity index (χ0) is 16.3. The molecule has 0 atom stereocenters. The molecule has 0 aliphatic carbocycles. The van der Waals surface area contributed by atoms with Crippen LogP contribution in [0.15, 0.2) is 24.3 Å². The monoisotopic (exact) mass is 311 g/mol. The molecule has 0 heterocycles. The van der Waals surface area contributed by atoms with E-state index in [0.717, 1.165) is 12.1 Å². The quantitative estimate of drug-likeness (QED) is 0.822. The van der Waals surface area contributed by atoms with Crippen LogP contribution in [0.4, 0.5) is 27.6 Å². The fourth-order valence-corrected chi connectivity index (χ4v) is 1.34. The first-order valence-corrected chi connectivity index (χ1v) is 5.61. The molecular formula is C12H10F5NO3. The summed E-state index contributed by atoms with van der Waals surface area (Å²) in [5.74, 6) is -9.00. The topological polar surface area (TPSA) is 66.4 Å². The van der Waals surface area contributed by atoms with Gasteiger partial charge in [0.05, 0.1) is 0 Å². The number of alkyl halides is 5. The van der Waals surface area contributed by atoms with Gasteiger partial charge in [0, 0.05) is 12.1 Å². The summed E-state index contributed by atoms with van der Waals surface area (Å²) in [6.07, 6.45) is -5.96. The highest BCUT2D eigenvalue weighted by molar-refractivity contribution is 5.96. The van der Waals surface area contributed by atoms with Crippen molar-refractivity contribution in [3.8, 4) is 0 Å². The molecule has 1 aromatic carbocycles. The Bertz CT molecular complexity index is 525. The Balaban J connectivity index is 2.72.